The van der Waals surface area contributed by atoms with Crippen molar-refractivity contribution in [3.63, 3.8) is 0 Å². The van der Waals surface area contributed by atoms with E-state index in [4.69, 9.17) is 0 Å². The number of hydrogen-bond donors (Lipinski definition) is 0. The normalized spacial score (nSPS) is 17.7. The lowest BCUT2D eigenvalue weighted by Crippen LogP contribution is -2.40. The summed E-state index contributed by atoms with van der Waals surface area (Å²) >= 11 is 0. The monoisotopic (exact) mass is 355 g/mol. The van der Waals surface area contributed by atoms with Gasteiger partial charge in [-0.25, -0.2) is 9.97 Å². The Balaban J connectivity index is 1.67. The number of pyridine rings is 1. The van der Waals surface area contributed by atoms with Gasteiger partial charge in [0.25, 0.3) is 5.91 Å². The molecule has 1 aliphatic heterocycles. The molecule has 1 fully saturated rings. The van der Waals surface area contributed by atoms with E-state index in [1.165, 1.54) is 0 Å². The van der Waals surface area contributed by atoms with Crippen molar-refractivity contribution >= 4 is 5.91 Å². The molecule has 2 aromatic heterocycles. The molecule has 3 rings (SSSR count). The Labute approximate surface area is 155 Å². The highest BCUT2D eigenvalue weighted by atomic mass is 16.2. The molecule has 3 heterocycles. The average Bonchev–Trinajstić information content (AvgIpc) is 3.09. The third-order valence-electron chi connectivity index (χ3n) is 4.93. The number of amides is 1. The largest absolute Gasteiger partial charge is 0.337 e. The molecule has 1 saturated heterocycles. The molecule has 140 valence electrons. The predicted octanol–water partition coefficient (Wildman–Crippen LogP) is 2.56. The van der Waals surface area contributed by atoms with E-state index in [1.807, 2.05) is 30.2 Å². The number of likely N-dealkylation sites (tertiary alicyclic amines) is 1. The van der Waals surface area contributed by atoms with Crippen LogP contribution in [0.2, 0.25) is 0 Å². The Hall–Kier alpha value is -2.21. The fourth-order valence-electron chi connectivity index (χ4n) is 3.62. The summed E-state index contributed by atoms with van der Waals surface area (Å²) in [5.74, 6) is 1.44. The van der Waals surface area contributed by atoms with Crippen LogP contribution in [0.5, 0.6) is 0 Å². The Bertz CT molecular complexity index is 739. The molecule has 0 N–H and O–H groups in total. The van der Waals surface area contributed by atoms with E-state index >= 15 is 0 Å². The van der Waals surface area contributed by atoms with Crippen LogP contribution in [0.25, 0.3) is 0 Å². The summed E-state index contributed by atoms with van der Waals surface area (Å²) in [5, 5.41) is 0. The van der Waals surface area contributed by atoms with Crippen LogP contribution in [0.1, 0.15) is 47.2 Å². The van der Waals surface area contributed by atoms with Crippen LogP contribution in [0, 0.1) is 6.92 Å². The molecular formula is C20H29N5O. The second-order valence-corrected chi connectivity index (χ2v) is 7.39. The third-order valence-corrected chi connectivity index (χ3v) is 4.93. The second-order valence-electron chi connectivity index (χ2n) is 7.39. The number of piperidine rings is 1. The number of hydrogen-bond acceptors (Lipinski definition) is 4. The molecular weight excluding hydrogens is 326 g/mol. The third kappa shape index (κ3) is 4.49. The molecule has 6 heteroatoms. The molecule has 6 nitrogen and oxygen atoms in total. The lowest BCUT2D eigenvalue weighted by atomic mass is 9.96. The van der Waals surface area contributed by atoms with Gasteiger partial charge in [-0.3, -0.25) is 4.79 Å². The molecule has 0 aliphatic carbocycles. The Morgan fingerprint density at radius 1 is 1.35 bits per heavy atom. The van der Waals surface area contributed by atoms with Gasteiger partial charge in [0.1, 0.15) is 11.5 Å². The zero-order chi connectivity index (χ0) is 18.5. The number of imidazole rings is 1. The first-order chi connectivity index (χ1) is 12.5. The Morgan fingerprint density at radius 2 is 2.19 bits per heavy atom. The predicted molar refractivity (Wildman–Crippen MR) is 102 cm³/mol. The first-order valence-electron chi connectivity index (χ1n) is 9.43. The van der Waals surface area contributed by atoms with E-state index in [0.29, 0.717) is 11.6 Å². The summed E-state index contributed by atoms with van der Waals surface area (Å²) in [7, 11) is 4.19. The lowest BCUT2D eigenvalue weighted by molar-refractivity contribution is 0.0697. The molecule has 1 aliphatic rings. The maximum atomic E-state index is 12.8. The van der Waals surface area contributed by atoms with Gasteiger partial charge in [-0.05, 0) is 59.0 Å². The van der Waals surface area contributed by atoms with Crippen LogP contribution < -0.4 is 0 Å². The topological polar surface area (TPSA) is 54.3 Å². The van der Waals surface area contributed by atoms with Gasteiger partial charge >= 0.3 is 0 Å². The van der Waals surface area contributed by atoms with Gasteiger partial charge < -0.3 is 14.4 Å². The van der Waals surface area contributed by atoms with Crippen molar-refractivity contribution in [1.29, 1.82) is 0 Å². The van der Waals surface area contributed by atoms with Crippen LogP contribution in [-0.2, 0) is 6.54 Å². The number of aromatic nitrogens is 3. The molecule has 0 spiro atoms. The zero-order valence-corrected chi connectivity index (χ0v) is 16.1. The van der Waals surface area contributed by atoms with E-state index in [0.717, 1.165) is 57.0 Å². The molecule has 26 heavy (non-hydrogen) atoms. The fraction of sp³-hybridized carbons (Fsp3) is 0.550. The Morgan fingerprint density at radius 3 is 2.96 bits per heavy atom. The van der Waals surface area contributed by atoms with Crippen molar-refractivity contribution in [2.45, 2.75) is 38.6 Å². The van der Waals surface area contributed by atoms with Crippen molar-refractivity contribution < 1.29 is 4.79 Å². The highest BCUT2D eigenvalue weighted by Crippen LogP contribution is 2.26. The maximum Gasteiger partial charge on any atom is 0.272 e. The number of nitrogens with zero attached hydrogens (tertiary/aromatic N) is 5. The second kappa shape index (κ2) is 8.45. The van der Waals surface area contributed by atoms with Gasteiger partial charge in [0, 0.05) is 43.6 Å². The molecule has 1 amide bonds. The van der Waals surface area contributed by atoms with Crippen LogP contribution in [-0.4, -0.2) is 64.0 Å². The van der Waals surface area contributed by atoms with Crippen molar-refractivity contribution in [2.24, 2.45) is 0 Å². The summed E-state index contributed by atoms with van der Waals surface area (Å²) < 4.78 is 2.26. The van der Waals surface area contributed by atoms with Gasteiger partial charge in [0.05, 0.1) is 0 Å². The number of carbonyl (C=O) groups excluding carboxylic acids is 1. The van der Waals surface area contributed by atoms with Crippen molar-refractivity contribution in [3.05, 3.63) is 47.8 Å². The number of rotatable bonds is 6. The number of aryl methyl sites for hydroxylation is 2. The molecule has 0 unspecified atom stereocenters. The highest BCUT2D eigenvalue weighted by Gasteiger charge is 2.28. The van der Waals surface area contributed by atoms with E-state index < -0.39 is 0 Å². The summed E-state index contributed by atoms with van der Waals surface area (Å²) in [6.45, 7) is 5.47. The SMILES string of the molecule is Cc1cccc(C(=O)N2CCC[C@H](c3nccn3CCCN(C)C)C2)n1. The van der Waals surface area contributed by atoms with Gasteiger partial charge in [-0.15, -0.1) is 0 Å². The molecule has 0 saturated carbocycles. The quantitative estimate of drug-likeness (QED) is 0.799. The first-order valence-corrected chi connectivity index (χ1v) is 9.43. The number of carbonyl (C=O) groups is 1. The summed E-state index contributed by atoms with van der Waals surface area (Å²) in [4.78, 5) is 26.0. The van der Waals surface area contributed by atoms with E-state index in [-0.39, 0.29) is 5.91 Å². The lowest BCUT2D eigenvalue weighted by Gasteiger charge is -2.32. The Kier molecular flexibility index (Phi) is 6.04. The molecule has 0 radical (unpaired) electrons. The van der Waals surface area contributed by atoms with E-state index in [9.17, 15) is 4.79 Å². The molecule has 2 aromatic rings. The van der Waals surface area contributed by atoms with Crippen LogP contribution in [0.4, 0.5) is 0 Å². The fourth-order valence-corrected chi connectivity index (χ4v) is 3.62. The zero-order valence-electron chi connectivity index (χ0n) is 16.1. The average molecular weight is 355 g/mol. The minimum absolute atomic E-state index is 0.0316. The van der Waals surface area contributed by atoms with Crippen molar-refractivity contribution in [3.8, 4) is 0 Å². The standard InChI is InChI=1S/C20H29N5O/c1-16-7-4-9-18(22-16)20(26)25-12-5-8-17(15-25)19-21-10-14-24(19)13-6-11-23(2)3/h4,7,9-10,14,17H,5-6,8,11-13,15H2,1-3H3/t17-/m0/s1. The minimum Gasteiger partial charge on any atom is -0.337 e. The smallest absolute Gasteiger partial charge is 0.272 e. The van der Waals surface area contributed by atoms with Gasteiger partial charge in [0.2, 0.25) is 0 Å². The van der Waals surface area contributed by atoms with Gasteiger partial charge in [-0.2, -0.15) is 0 Å². The molecule has 0 bridgehead atoms. The minimum atomic E-state index is 0.0316. The van der Waals surface area contributed by atoms with Gasteiger partial charge in [0.15, 0.2) is 0 Å². The van der Waals surface area contributed by atoms with Crippen LogP contribution in [0.15, 0.2) is 30.6 Å². The van der Waals surface area contributed by atoms with Crippen LogP contribution >= 0.6 is 0 Å². The van der Waals surface area contributed by atoms with Gasteiger partial charge in [-0.1, -0.05) is 6.07 Å². The van der Waals surface area contributed by atoms with Crippen molar-refractivity contribution in [1.82, 2.24) is 24.3 Å². The maximum absolute atomic E-state index is 12.8. The summed E-state index contributed by atoms with van der Waals surface area (Å²) in [6.07, 6.45) is 7.13. The first kappa shape index (κ1) is 18.6. The van der Waals surface area contributed by atoms with Crippen molar-refractivity contribution in [2.75, 3.05) is 33.7 Å². The van der Waals surface area contributed by atoms with E-state index in [2.05, 4.69) is 39.7 Å². The van der Waals surface area contributed by atoms with E-state index in [1.54, 1.807) is 6.07 Å². The highest BCUT2D eigenvalue weighted by molar-refractivity contribution is 5.92. The molecule has 0 aromatic carbocycles. The summed E-state index contributed by atoms with van der Waals surface area (Å²) in [6, 6.07) is 5.62. The summed E-state index contributed by atoms with van der Waals surface area (Å²) in [5.41, 5.74) is 1.42. The van der Waals surface area contributed by atoms with Crippen LogP contribution in [0.3, 0.4) is 0 Å². The molecule has 1 atom stereocenters.